The van der Waals surface area contributed by atoms with Gasteiger partial charge in [-0.15, -0.1) is 0 Å². The maximum atomic E-state index is 6.17. The smallest absolute Gasteiger partial charge is 0.223 e. The largest absolute Gasteiger partial charge is 0.340 e. The van der Waals surface area contributed by atoms with Crippen molar-refractivity contribution >= 4 is 23.2 Å². The predicted molar refractivity (Wildman–Crippen MR) is 80.5 cm³/mol. The van der Waals surface area contributed by atoms with Gasteiger partial charge in [0.25, 0.3) is 0 Å². The molecule has 0 unspecified atom stereocenters. The molecule has 0 bridgehead atoms. The third-order valence-electron chi connectivity index (χ3n) is 3.83. The van der Waals surface area contributed by atoms with E-state index in [2.05, 4.69) is 20.0 Å². The topological polar surface area (TPSA) is 55.1 Å². The Morgan fingerprint density at radius 3 is 2.48 bits per heavy atom. The molecular formula is C14H16Cl2N4O. The highest BCUT2D eigenvalue weighted by Gasteiger charge is 2.25. The van der Waals surface area contributed by atoms with E-state index in [0.29, 0.717) is 21.9 Å². The number of hydrogen-bond acceptors (Lipinski definition) is 5. The summed E-state index contributed by atoms with van der Waals surface area (Å²) in [7, 11) is 0. The van der Waals surface area contributed by atoms with E-state index in [-0.39, 0.29) is 0 Å². The Balaban J connectivity index is 1.61. The second kappa shape index (κ2) is 6.30. The van der Waals surface area contributed by atoms with Crippen molar-refractivity contribution in [3.05, 3.63) is 39.7 Å². The Bertz CT molecular complexity index is 603. The molecule has 2 aromatic rings. The lowest BCUT2D eigenvalue weighted by Crippen LogP contribution is -2.33. The van der Waals surface area contributed by atoms with Crippen molar-refractivity contribution in [3.63, 3.8) is 0 Å². The Kier molecular flexibility index (Phi) is 4.42. The molecule has 3 heterocycles. The van der Waals surface area contributed by atoms with Gasteiger partial charge in [0.2, 0.25) is 5.89 Å². The molecule has 0 saturated carbocycles. The molecule has 0 amide bonds. The van der Waals surface area contributed by atoms with Crippen LogP contribution in [0.15, 0.2) is 16.9 Å². The zero-order valence-electron chi connectivity index (χ0n) is 11.7. The summed E-state index contributed by atoms with van der Waals surface area (Å²) in [4.78, 5) is 10.7. The van der Waals surface area contributed by atoms with Crippen LogP contribution in [-0.2, 0) is 6.54 Å². The standard InChI is InChI=1S/C14H16Cl2N4O/c1-9-18-14(19-21-9)10-2-4-20(5-3-10)8-11-12(15)6-17-7-13(11)16/h6-7,10H,2-5,8H2,1H3. The molecule has 1 fully saturated rings. The molecule has 112 valence electrons. The van der Waals surface area contributed by atoms with E-state index in [9.17, 15) is 0 Å². The monoisotopic (exact) mass is 326 g/mol. The van der Waals surface area contributed by atoms with Crippen LogP contribution in [0.1, 0.15) is 36.0 Å². The first-order valence-corrected chi connectivity index (χ1v) is 7.69. The predicted octanol–water partition coefficient (Wildman–Crippen LogP) is 3.46. The maximum absolute atomic E-state index is 6.17. The quantitative estimate of drug-likeness (QED) is 0.864. The van der Waals surface area contributed by atoms with Crippen LogP contribution in [0.3, 0.4) is 0 Å². The Morgan fingerprint density at radius 2 is 1.90 bits per heavy atom. The lowest BCUT2D eigenvalue weighted by atomic mass is 9.96. The molecule has 0 N–H and O–H groups in total. The highest BCUT2D eigenvalue weighted by Crippen LogP contribution is 2.29. The minimum atomic E-state index is 0.377. The summed E-state index contributed by atoms with van der Waals surface area (Å²) in [6, 6.07) is 0. The van der Waals surface area contributed by atoms with Gasteiger partial charge in [0.1, 0.15) is 0 Å². The van der Waals surface area contributed by atoms with Gasteiger partial charge in [-0.3, -0.25) is 9.88 Å². The highest BCUT2D eigenvalue weighted by molar-refractivity contribution is 6.35. The first kappa shape index (κ1) is 14.8. The number of piperidine rings is 1. The number of aryl methyl sites for hydroxylation is 1. The third kappa shape index (κ3) is 3.36. The summed E-state index contributed by atoms with van der Waals surface area (Å²) in [5.74, 6) is 1.83. The number of aromatic nitrogens is 3. The molecule has 0 radical (unpaired) electrons. The van der Waals surface area contributed by atoms with E-state index in [4.69, 9.17) is 27.7 Å². The lowest BCUT2D eigenvalue weighted by Gasteiger charge is -2.30. The van der Waals surface area contributed by atoms with Gasteiger partial charge < -0.3 is 4.52 Å². The molecule has 0 atom stereocenters. The fourth-order valence-electron chi connectivity index (χ4n) is 2.64. The minimum Gasteiger partial charge on any atom is -0.340 e. The maximum Gasteiger partial charge on any atom is 0.223 e. The van der Waals surface area contributed by atoms with Crippen molar-refractivity contribution in [2.24, 2.45) is 0 Å². The number of rotatable bonds is 3. The van der Waals surface area contributed by atoms with Crippen LogP contribution in [0, 0.1) is 6.92 Å². The lowest BCUT2D eigenvalue weighted by molar-refractivity contribution is 0.200. The molecular weight excluding hydrogens is 311 g/mol. The van der Waals surface area contributed by atoms with Gasteiger partial charge in [-0.1, -0.05) is 28.4 Å². The molecule has 3 rings (SSSR count). The summed E-state index contributed by atoms with van der Waals surface area (Å²) >= 11 is 12.3. The molecule has 2 aromatic heterocycles. The molecule has 0 aliphatic carbocycles. The molecule has 7 heteroatoms. The van der Waals surface area contributed by atoms with Gasteiger partial charge in [-0.05, 0) is 25.9 Å². The summed E-state index contributed by atoms with van der Waals surface area (Å²) < 4.78 is 5.06. The van der Waals surface area contributed by atoms with Crippen molar-refractivity contribution in [3.8, 4) is 0 Å². The van der Waals surface area contributed by atoms with Gasteiger partial charge in [-0.2, -0.15) is 4.98 Å². The van der Waals surface area contributed by atoms with Crippen LogP contribution in [-0.4, -0.2) is 33.1 Å². The van der Waals surface area contributed by atoms with Crippen molar-refractivity contribution < 1.29 is 4.52 Å². The van der Waals surface area contributed by atoms with E-state index >= 15 is 0 Å². The van der Waals surface area contributed by atoms with E-state index in [1.165, 1.54) is 0 Å². The molecule has 1 aliphatic heterocycles. The first-order chi connectivity index (χ1) is 10.1. The van der Waals surface area contributed by atoms with Crippen molar-refractivity contribution in [1.82, 2.24) is 20.0 Å². The highest BCUT2D eigenvalue weighted by atomic mass is 35.5. The van der Waals surface area contributed by atoms with E-state index in [1.54, 1.807) is 12.4 Å². The van der Waals surface area contributed by atoms with Gasteiger partial charge in [0, 0.05) is 37.3 Å². The Morgan fingerprint density at radius 1 is 1.24 bits per heavy atom. The van der Waals surface area contributed by atoms with Crippen molar-refractivity contribution in [2.75, 3.05) is 13.1 Å². The average molecular weight is 327 g/mol. The molecule has 1 aliphatic rings. The SMILES string of the molecule is Cc1nc(C2CCN(Cc3c(Cl)cncc3Cl)CC2)no1. The number of hydrogen-bond donors (Lipinski definition) is 0. The molecule has 0 spiro atoms. The van der Waals surface area contributed by atoms with Crippen LogP contribution in [0.5, 0.6) is 0 Å². The number of pyridine rings is 1. The van der Waals surface area contributed by atoms with Gasteiger partial charge >= 0.3 is 0 Å². The van der Waals surface area contributed by atoms with Crippen LogP contribution in [0.25, 0.3) is 0 Å². The molecule has 0 aromatic carbocycles. The van der Waals surface area contributed by atoms with Crippen molar-refractivity contribution in [2.45, 2.75) is 32.2 Å². The van der Waals surface area contributed by atoms with E-state index in [0.717, 1.165) is 43.9 Å². The normalized spacial score (nSPS) is 17.3. The molecule has 21 heavy (non-hydrogen) atoms. The van der Waals surface area contributed by atoms with Gasteiger partial charge in [0.05, 0.1) is 10.0 Å². The number of halogens is 2. The van der Waals surface area contributed by atoms with Crippen LogP contribution in [0.4, 0.5) is 0 Å². The molecule has 5 nitrogen and oxygen atoms in total. The summed E-state index contributed by atoms with van der Waals surface area (Å²) in [6.45, 7) is 4.50. The van der Waals surface area contributed by atoms with E-state index < -0.39 is 0 Å². The average Bonchev–Trinajstić information content (AvgIpc) is 2.90. The number of likely N-dealkylation sites (tertiary alicyclic amines) is 1. The Labute approximate surface area is 133 Å². The first-order valence-electron chi connectivity index (χ1n) is 6.94. The summed E-state index contributed by atoms with van der Waals surface area (Å²) in [5, 5.41) is 5.27. The zero-order chi connectivity index (χ0) is 14.8. The Hall–Kier alpha value is -1.17. The van der Waals surface area contributed by atoms with Crippen LogP contribution >= 0.6 is 23.2 Å². The van der Waals surface area contributed by atoms with Crippen LogP contribution < -0.4 is 0 Å². The van der Waals surface area contributed by atoms with Crippen LogP contribution in [0.2, 0.25) is 10.0 Å². The van der Waals surface area contributed by atoms with Gasteiger partial charge in [0.15, 0.2) is 5.82 Å². The molecule has 1 saturated heterocycles. The third-order valence-corrected chi connectivity index (χ3v) is 4.48. The minimum absolute atomic E-state index is 0.377. The fraction of sp³-hybridized carbons (Fsp3) is 0.500. The number of nitrogens with zero attached hydrogens (tertiary/aromatic N) is 4. The summed E-state index contributed by atoms with van der Waals surface area (Å²) in [6.07, 6.45) is 5.30. The van der Waals surface area contributed by atoms with Gasteiger partial charge in [-0.25, -0.2) is 0 Å². The zero-order valence-corrected chi connectivity index (χ0v) is 13.2. The second-order valence-corrected chi connectivity index (χ2v) is 6.12. The van der Waals surface area contributed by atoms with Crippen molar-refractivity contribution in [1.29, 1.82) is 0 Å². The van der Waals surface area contributed by atoms with E-state index in [1.807, 2.05) is 6.92 Å². The summed E-state index contributed by atoms with van der Waals surface area (Å²) in [5.41, 5.74) is 0.946. The second-order valence-electron chi connectivity index (χ2n) is 5.30. The fourth-order valence-corrected chi connectivity index (χ4v) is 3.13.